The van der Waals surface area contributed by atoms with Crippen LogP contribution >= 0.6 is 0 Å². The molecule has 0 saturated carbocycles. The van der Waals surface area contributed by atoms with Crippen molar-refractivity contribution < 1.29 is 4.39 Å². The lowest BCUT2D eigenvalue weighted by molar-refractivity contribution is 0.350. The molecule has 72 valence electrons. The number of hydrogen-bond acceptors (Lipinski definition) is 1. The number of alkyl halides is 1. The highest BCUT2D eigenvalue weighted by atomic mass is 19.1. The van der Waals surface area contributed by atoms with Crippen molar-refractivity contribution in [3.63, 3.8) is 0 Å². The maximum Gasteiger partial charge on any atom is 0.138 e. The fraction of sp³-hybridized carbons (Fsp3) is 0.455. The first-order chi connectivity index (χ1) is 6.16. The summed E-state index contributed by atoms with van der Waals surface area (Å²) in [6.07, 6.45) is -1.03. The van der Waals surface area contributed by atoms with E-state index in [2.05, 4.69) is 13.8 Å². The Morgan fingerprint density at radius 1 is 1.23 bits per heavy atom. The molecule has 0 aromatic heterocycles. The van der Waals surface area contributed by atoms with Crippen molar-refractivity contribution in [3.8, 4) is 0 Å². The monoisotopic (exact) mass is 181 g/mol. The second-order valence-electron chi connectivity index (χ2n) is 3.49. The molecule has 0 aliphatic rings. The van der Waals surface area contributed by atoms with Gasteiger partial charge in [-0.25, -0.2) is 4.39 Å². The minimum atomic E-state index is -1.03. The van der Waals surface area contributed by atoms with Gasteiger partial charge in [-0.05, 0) is 17.0 Å². The van der Waals surface area contributed by atoms with E-state index in [-0.39, 0.29) is 6.54 Å². The zero-order chi connectivity index (χ0) is 9.84. The van der Waals surface area contributed by atoms with Gasteiger partial charge in [-0.2, -0.15) is 0 Å². The van der Waals surface area contributed by atoms with Crippen LogP contribution in [0.3, 0.4) is 0 Å². The first-order valence-electron chi connectivity index (χ1n) is 4.59. The molecule has 1 unspecified atom stereocenters. The smallest absolute Gasteiger partial charge is 0.138 e. The lowest BCUT2D eigenvalue weighted by atomic mass is 9.95. The molecule has 0 aliphatic carbocycles. The number of benzene rings is 1. The lowest BCUT2D eigenvalue weighted by Crippen LogP contribution is -2.10. The van der Waals surface area contributed by atoms with E-state index >= 15 is 0 Å². The van der Waals surface area contributed by atoms with Gasteiger partial charge < -0.3 is 5.73 Å². The average molecular weight is 181 g/mol. The van der Waals surface area contributed by atoms with Crippen LogP contribution in [-0.4, -0.2) is 6.54 Å². The number of halogens is 1. The summed E-state index contributed by atoms with van der Waals surface area (Å²) in [4.78, 5) is 0. The van der Waals surface area contributed by atoms with E-state index in [9.17, 15) is 4.39 Å². The van der Waals surface area contributed by atoms with Crippen LogP contribution in [0.25, 0.3) is 0 Å². The Labute approximate surface area is 78.8 Å². The summed E-state index contributed by atoms with van der Waals surface area (Å²) >= 11 is 0. The lowest BCUT2D eigenvalue weighted by Gasteiger charge is -2.14. The van der Waals surface area contributed by atoms with Gasteiger partial charge in [-0.3, -0.25) is 0 Å². The van der Waals surface area contributed by atoms with Crippen LogP contribution in [-0.2, 0) is 0 Å². The summed E-state index contributed by atoms with van der Waals surface area (Å²) < 4.78 is 13.4. The summed E-state index contributed by atoms with van der Waals surface area (Å²) in [7, 11) is 0. The first-order valence-corrected chi connectivity index (χ1v) is 4.59. The molecule has 0 amide bonds. The van der Waals surface area contributed by atoms with Crippen molar-refractivity contribution in [1.29, 1.82) is 0 Å². The van der Waals surface area contributed by atoms with E-state index in [1.165, 1.54) is 0 Å². The molecule has 1 aromatic rings. The topological polar surface area (TPSA) is 26.0 Å². The molecule has 1 atom stereocenters. The van der Waals surface area contributed by atoms with Gasteiger partial charge in [-0.15, -0.1) is 0 Å². The molecule has 0 heterocycles. The zero-order valence-corrected chi connectivity index (χ0v) is 8.13. The van der Waals surface area contributed by atoms with Gasteiger partial charge in [0, 0.05) is 6.54 Å². The summed E-state index contributed by atoms with van der Waals surface area (Å²) in [6, 6.07) is 7.56. The van der Waals surface area contributed by atoms with Crippen LogP contribution in [0, 0.1) is 0 Å². The zero-order valence-electron chi connectivity index (χ0n) is 8.13. The highest BCUT2D eigenvalue weighted by molar-refractivity contribution is 5.31. The Morgan fingerprint density at radius 2 is 1.77 bits per heavy atom. The highest BCUT2D eigenvalue weighted by Crippen LogP contribution is 2.26. The van der Waals surface area contributed by atoms with E-state index < -0.39 is 6.17 Å². The van der Waals surface area contributed by atoms with E-state index in [0.717, 1.165) is 11.1 Å². The largest absolute Gasteiger partial charge is 0.327 e. The van der Waals surface area contributed by atoms with Gasteiger partial charge in [0.15, 0.2) is 0 Å². The van der Waals surface area contributed by atoms with Gasteiger partial charge in [-0.1, -0.05) is 38.1 Å². The molecule has 2 N–H and O–H groups in total. The maximum absolute atomic E-state index is 13.4. The van der Waals surface area contributed by atoms with E-state index in [4.69, 9.17) is 5.73 Å². The van der Waals surface area contributed by atoms with Crippen molar-refractivity contribution in [2.75, 3.05) is 6.54 Å². The normalized spacial score (nSPS) is 13.3. The molecule has 13 heavy (non-hydrogen) atoms. The van der Waals surface area contributed by atoms with Gasteiger partial charge in [0.1, 0.15) is 6.17 Å². The van der Waals surface area contributed by atoms with Crippen LogP contribution in [0.1, 0.15) is 37.1 Å². The quantitative estimate of drug-likeness (QED) is 0.762. The molecule has 1 aromatic carbocycles. The Hall–Kier alpha value is -0.890. The van der Waals surface area contributed by atoms with Crippen molar-refractivity contribution in [2.45, 2.75) is 25.9 Å². The minimum Gasteiger partial charge on any atom is -0.327 e. The number of rotatable bonds is 3. The van der Waals surface area contributed by atoms with Crippen LogP contribution < -0.4 is 5.73 Å². The van der Waals surface area contributed by atoms with Crippen LogP contribution in [0.15, 0.2) is 24.3 Å². The van der Waals surface area contributed by atoms with Crippen LogP contribution in [0.2, 0.25) is 0 Å². The van der Waals surface area contributed by atoms with Crippen molar-refractivity contribution >= 4 is 0 Å². The molecule has 0 saturated heterocycles. The predicted octanol–water partition coefficient (Wildman–Crippen LogP) is 2.78. The first kappa shape index (κ1) is 10.2. The van der Waals surface area contributed by atoms with Gasteiger partial charge >= 0.3 is 0 Å². The fourth-order valence-corrected chi connectivity index (χ4v) is 1.45. The third-order valence-corrected chi connectivity index (χ3v) is 2.16. The van der Waals surface area contributed by atoms with E-state index in [1.807, 2.05) is 24.3 Å². The molecule has 2 heteroatoms. The Balaban J connectivity index is 3.04. The summed E-state index contributed by atoms with van der Waals surface area (Å²) in [5, 5.41) is 0. The Bertz CT molecular complexity index is 271. The minimum absolute atomic E-state index is 0.0593. The molecule has 0 spiro atoms. The second kappa shape index (κ2) is 4.38. The molecule has 1 nitrogen and oxygen atoms in total. The van der Waals surface area contributed by atoms with E-state index in [0.29, 0.717) is 5.92 Å². The van der Waals surface area contributed by atoms with Gasteiger partial charge in [0.25, 0.3) is 0 Å². The standard InChI is InChI=1S/C11H16FN/c1-8(2)9-5-3-4-6-10(9)11(12)7-13/h3-6,8,11H,7,13H2,1-2H3. The third-order valence-electron chi connectivity index (χ3n) is 2.16. The van der Waals surface area contributed by atoms with Crippen molar-refractivity contribution in [3.05, 3.63) is 35.4 Å². The number of nitrogens with two attached hydrogens (primary N) is 1. The Morgan fingerprint density at radius 3 is 2.23 bits per heavy atom. The van der Waals surface area contributed by atoms with Crippen LogP contribution in [0.5, 0.6) is 0 Å². The average Bonchev–Trinajstić information content (AvgIpc) is 2.16. The summed E-state index contributed by atoms with van der Waals surface area (Å²) in [5.41, 5.74) is 7.09. The maximum atomic E-state index is 13.4. The molecule has 1 rings (SSSR count). The van der Waals surface area contributed by atoms with Gasteiger partial charge in [0.05, 0.1) is 0 Å². The van der Waals surface area contributed by atoms with E-state index in [1.54, 1.807) is 0 Å². The van der Waals surface area contributed by atoms with Crippen molar-refractivity contribution in [1.82, 2.24) is 0 Å². The fourth-order valence-electron chi connectivity index (χ4n) is 1.45. The molecule has 0 fully saturated rings. The second-order valence-corrected chi connectivity index (χ2v) is 3.49. The third kappa shape index (κ3) is 2.28. The molecular weight excluding hydrogens is 165 g/mol. The summed E-state index contributed by atoms with van der Waals surface area (Å²) in [5.74, 6) is 0.348. The molecule has 0 aliphatic heterocycles. The molecular formula is C11H16FN. The Kier molecular flexibility index (Phi) is 3.43. The molecule has 0 radical (unpaired) electrons. The van der Waals surface area contributed by atoms with Crippen molar-refractivity contribution in [2.24, 2.45) is 5.73 Å². The van der Waals surface area contributed by atoms with Crippen LogP contribution in [0.4, 0.5) is 4.39 Å². The van der Waals surface area contributed by atoms with Gasteiger partial charge in [0.2, 0.25) is 0 Å². The highest BCUT2D eigenvalue weighted by Gasteiger charge is 2.13. The molecule has 0 bridgehead atoms. The number of hydrogen-bond donors (Lipinski definition) is 1. The SMILES string of the molecule is CC(C)c1ccccc1C(F)CN. The predicted molar refractivity (Wildman–Crippen MR) is 53.4 cm³/mol. The summed E-state index contributed by atoms with van der Waals surface area (Å²) in [6.45, 7) is 4.17.